The van der Waals surface area contributed by atoms with Crippen LogP contribution in [0.25, 0.3) is 34.4 Å². The van der Waals surface area contributed by atoms with E-state index in [1.807, 2.05) is 0 Å². The van der Waals surface area contributed by atoms with Crippen LogP contribution in [0.4, 0.5) is 0 Å². The molecule has 0 N–H and O–H groups in total. The number of hydrogen-bond acceptors (Lipinski definition) is 0. The van der Waals surface area contributed by atoms with Crippen LogP contribution in [-0.4, -0.2) is 5.92 Å². The van der Waals surface area contributed by atoms with E-state index in [9.17, 15) is 17.0 Å². The average Bonchev–Trinajstić information content (AvgIpc) is 3.64. The summed E-state index contributed by atoms with van der Waals surface area (Å²) in [5.41, 5.74) is 17.7. The fraction of sp³-hybridized carbons (Fsp3) is 0.517. The van der Waals surface area contributed by atoms with E-state index in [0.717, 1.165) is 25.7 Å². The van der Waals surface area contributed by atoms with Crippen molar-refractivity contribution in [3.63, 3.8) is 0 Å². The normalized spacial score (nSPS) is 21.6. The summed E-state index contributed by atoms with van der Waals surface area (Å²) >= 11 is -5.15. The van der Waals surface area contributed by atoms with Gasteiger partial charge >= 0.3 is 390 Å². The van der Waals surface area contributed by atoms with E-state index in [1.165, 1.54) is 158 Å². The molecule has 2 saturated carbocycles. The van der Waals surface area contributed by atoms with Crippen LogP contribution in [0.2, 0.25) is 13.1 Å². The molecule has 0 spiro atoms. The molecule has 4 aromatic rings. The SMILES string of the molecule is CCCC1(CC2=Cc3c(-c4ccc(CC)cc4)cccc3[CH]2[Zr]([Cl])([Cl])([CH]2C(CC3(CCC)CCCCCC3)=Cc3c(-c4ccc(CC)cc4)cccc32)[SiH](C)C)CCCCCC1. The summed E-state index contributed by atoms with van der Waals surface area (Å²) in [6.45, 7) is 14.5. The number of hydrogen-bond donors (Lipinski definition) is 0. The minimum atomic E-state index is -5.15. The standard InChI is InChI=1S/2C28H35.C2H7Si.2ClH.Zr/c2*1-3-16-28(17-7-5-6-8-18-28)21-23-19-25-10-9-11-26(27(25)20-23)24-14-12-22(4-2)13-15-24;1-3-2;;;/h2*9-15,19-20H,3-8,16-18,21H2,1-2H3;3H,1-2H3;2*1H;/q;;;;;+2/p-2. The Bertz CT molecular complexity index is 2070. The van der Waals surface area contributed by atoms with Crippen molar-refractivity contribution < 1.29 is 15.6 Å². The Morgan fingerprint density at radius 1 is 0.516 bits per heavy atom. The first-order valence-corrected chi connectivity index (χ1v) is 41.7. The Labute approximate surface area is 386 Å². The molecule has 0 amide bonds. The van der Waals surface area contributed by atoms with Crippen molar-refractivity contribution in [1.82, 2.24) is 0 Å². The first-order chi connectivity index (χ1) is 30.0. The Hall–Kier alpha value is -1.96. The number of allylic oxidation sites excluding steroid dienone is 2. The molecule has 4 aromatic carbocycles. The molecule has 0 saturated heterocycles. The maximum absolute atomic E-state index is 9.36. The molecule has 2 unspecified atom stereocenters. The van der Waals surface area contributed by atoms with Crippen LogP contribution in [-0.2, 0) is 28.4 Å². The van der Waals surface area contributed by atoms with E-state index in [-0.39, 0.29) is 7.25 Å². The van der Waals surface area contributed by atoms with E-state index in [1.54, 1.807) is 11.1 Å². The van der Waals surface area contributed by atoms with E-state index < -0.39 is 21.5 Å². The average molecular weight is 964 g/mol. The van der Waals surface area contributed by atoms with Crippen LogP contribution in [0, 0.1) is 10.8 Å². The molecule has 62 heavy (non-hydrogen) atoms. The third kappa shape index (κ3) is 8.85. The van der Waals surface area contributed by atoms with Crippen molar-refractivity contribution in [2.24, 2.45) is 10.8 Å². The van der Waals surface area contributed by atoms with Crippen LogP contribution < -0.4 is 0 Å². The minimum absolute atomic E-state index is 0.108. The predicted molar refractivity (Wildman–Crippen MR) is 274 cm³/mol. The topological polar surface area (TPSA) is 0 Å². The monoisotopic (exact) mass is 961 g/mol. The summed E-state index contributed by atoms with van der Waals surface area (Å²) < 4.78 is 0.216. The van der Waals surface area contributed by atoms with Crippen LogP contribution in [0.5, 0.6) is 0 Å². The second-order valence-electron chi connectivity index (χ2n) is 21.1. The van der Waals surface area contributed by atoms with Gasteiger partial charge in [0, 0.05) is 0 Å². The second kappa shape index (κ2) is 19.5. The second-order valence-corrected chi connectivity index (χ2v) is 63.6. The summed E-state index contributed by atoms with van der Waals surface area (Å²) in [7, 11) is 18.7. The van der Waals surface area contributed by atoms with Gasteiger partial charge in [-0.3, -0.25) is 0 Å². The zero-order valence-electron chi connectivity index (χ0n) is 39.4. The third-order valence-corrected chi connectivity index (χ3v) is 68.8. The van der Waals surface area contributed by atoms with E-state index in [0.29, 0.717) is 10.8 Å². The van der Waals surface area contributed by atoms with Gasteiger partial charge in [-0.25, -0.2) is 0 Å². The Balaban J connectivity index is 1.37. The van der Waals surface area contributed by atoms with Gasteiger partial charge in [-0.05, 0) is 0 Å². The van der Waals surface area contributed by atoms with Gasteiger partial charge < -0.3 is 0 Å². The van der Waals surface area contributed by atoms with Crippen molar-refractivity contribution in [1.29, 1.82) is 0 Å². The molecule has 8 rings (SSSR count). The van der Waals surface area contributed by atoms with Crippen LogP contribution in [0.3, 0.4) is 0 Å². The Morgan fingerprint density at radius 3 is 1.21 bits per heavy atom. The van der Waals surface area contributed by atoms with Gasteiger partial charge in [-0.2, -0.15) is 0 Å². The number of rotatable bonds is 15. The van der Waals surface area contributed by atoms with E-state index in [2.05, 4.69) is 138 Å². The Morgan fingerprint density at radius 2 is 0.887 bits per heavy atom. The molecule has 0 heterocycles. The summed E-state index contributed by atoms with van der Waals surface area (Å²) in [4.78, 5) is 0. The van der Waals surface area contributed by atoms with Crippen molar-refractivity contribution in [3.05, 3.63) is 129 Å². The molecule has 2 fully saturated rings. The number of benzene rings is 4. The van der Waals surface area contributed by atoms with E-state index >= 15 is 0 Å². The molecule has 2 atom stereocenters. The summed E-state index contributed by atoms with van der Waals surface area (Å²) in [5.74, 6) is -1.77. The predicted octanol–water partition coefficient (Wildman–Crippen LogP) is 18.8. The maximum atomic E-state index is 9.36. The number of halogens is 2. The van der Waals surface area contributed by atoms with Gasteiger partial charge in [0.2, 0.25) is 0 Å². The summed E-state index contributed by atoms with van der Waals surface area (Å²) in [5, 5.41) is 0. The fourth-order valence-electron chi connectivity index (χ4n) is 13.6. The molecular formula is C58H77Cl2SiZr. The molecule has 4 aliphatic carbocycles. The van der Waals surface area contributed by atoms with Gasteiger partial charge in [0.15, 0.2) is 0 Å². The molecule has 331 valence electrons. The van der Waals surface area contributed by atoms with Gasteiger partial charge in [0.25, 0.3) is 0 Å². The van der Waals surface area contributed by atoms with Crippen molar-refractivity contribution >= 4 is 35.1 Å². The first kappa shape index (κ1) is 46.6. The quantitative estimate of drug-likeness (QED) is 0.0823. The molecule has 0 nitrogen and oxygen atoms in total. The van der Waals surface area contributed by atoms with Crippen LogP contribution in [0.15, 0.2) is 96.1 Å². The molecule has 4 aliphatic rings. The summed E-state index contributed by atoms with van der Waals surface area (Å²) in [6, 6.07) is 33.2. The third-order valence-electron chi connectivity index (χ3n) is 16.9. The zero-order chi connectivity index (χ0) is 43.6. The Kier molecular flexibility index (Phi) is 14.6. The van der Waals surface area contributed by atoms with Crippen LogP contribution in [0.1, 0.15) is 184 Å². The fourth-order valence-corrected chi connectivity index (χ4v) is 44.9. The molecule has 0 radical (unpaired) electrons. The van der Waals surface area contributed by atoms with Gasteiger partial charge in [0.05, 0.1) is 0 Å². The summed E-state index contributed by atoms with van der Waals surface area (Å²) in [6.07, 6.45) is 31.0. The molecule has 0 aromatic heterocycles. The number of fused-ring (bicyclic) bond motifs is 2. The van der Waals surface area contributed by atoms with Crippen molar-refractivity contribution in [3.8, 4) is 22.3 Å². The first-order valence-electron chi connectivity index (χ1n) is 25.4. The molecular weight excluding hydrogens is 887 g/mol. The molecule has 4 heteroatoms. The van der Waals surface area contributed by atoms with Gasteiger partial charge in [0.1, 0.15) is 0 Å². The number of aryl methyl sites for hydroxylation is 2. The molecule has 0 aliphatic heterocycles. The van der Waals surface area contributed by atoms with Crippen LogP contribution >= 0.6 is 17.0 Å². The van der Waals surface area contributed by atoms with Crippen molar-refractivity contribution in [2.75, 3.05) is 0 Å². The van der Waals surface area contributed by atoms with Gasteiger partial charge in [-0.15, -0.1) is 0 Å². The van der Waals surface area contributed by atoms with Gasteiger partial charge in [-0.1, -0.05) is 0 Å². The van der Waals surface area contributed by atoms with Crippen molar-refractivity contribution in [2.45, 2.75) is 176 Å². The zero-order valence-corrected chi connectivity index (χ0v) is 44.5. The van der Waals surface area contributed by atoms with E-state index in [4.69, 9.17) is 0 Å². The molecule has 0 bridgehead atoms.